The molecule has 0 saturated heterocycles. The van der Waals surface area contributed by atoms with Gasteiger partial charge in [0.25, 0.3) is 0 Å². The third kappa shape index (κ3) is 2.60. The van der Waals surface area contributed by atoms with Gasteiger partial charge in [-0.2, -0.15) is 0 Å². The zero-order valence-electron chi connectivity index (χ0n) is 10.7. The zero-order valence-corrected chi connectivity index (χ0v) is 12.2. The van der Waals surface area contributed by atoms with Crippen molar-refractivity contribution in [2.24, 2.45) is 0 Å². The summed E-state index contributed by atoms with van der Waals surface area (Å²) >= 11 is 3.58. The Morgan fingerprint density at radius 3 is 2.61 bits per heavy atom. The van der Waals surface area contributed by atoms with Crippen molar-refractivity contribution in [3.63, 3.8) is 0 Å². The van der Waals surface area contributed by atoms with Crippen molar-refractivity contribution >= 4 is 15.9 Å². The van der Waals surface area contributed by atoms with Crippen LogP contribution in [0.15, 0.2) is 39.4 Å². The Bertz CT molecular complexity index is 536. The van der Waals surface area contributed by atoms with Gasteiger partial charge >= 0.3 is 0 Å². The number of hydrogen-bond donors (Lipinski definition) is 1. The summed E-state index contributed by atoms with van der Waals surface area (Å²) in [6.07, 6.45) is 1.78. The highest BCUT2D eigenvalue weighted by molar-refractivity contribution is 9.10. The molecular formula is C14H16BrNO2. The summed E-state index contributed by atoms with van der Waals surface area (Å²) in [5.74, 6) is 1.75. The van der Waals surface area contributed by atoms with E-state index in [0.29, 0.717) is 0 Å². The van der Waals surface area contributed by atoms with E-state index in [1.54, 1.807) is 13.4 Å². The van der Waals surface area contributed by atoms with E-state index >= 15 is 0 Å². The normalized spacial score (nSPS) is 12.4. The first kappa shape index (κ1) is 13.2. The number of furan rings is 1. The molecule has 1 N–H and O–H groups in total. The number of methoxy groups -OCH3 is 1. The Morgan fingerprint density at radius 1 is 1.33 bits per heavy atom. The molecule has 96 valence electrons. The maximum Gasteiger partial charge on any atom is 0.120 e. The number of ether oxygens (including phenoxy) is 1. The molecule has 0 bridgehead atoms. The van der Waals surface area contributed by atoms with Crippen LogP contribution >= 0.6 is 15.9 Å². The van der Waals surface area contributed by atoms with Gasteiger partial charge in [0.1, 0.15) is 11.5 Å². The summed E-state index contributed by atoms with van der Waals surface area (Å²) in [6.45, 7) is 1.94. The molecule has 1 atom stereocenters. The topological polar surface area (TPSA) is 34.4 Å². The van der Waals surface area contributed by atoms with Crippen molar-refractivity contribution in [3.05, 3.63) is 51.9 Å². The van der Waals surface area contributed by atoms with E-state index in [4.69, 9.17) is 9.15 Å². The lowest BCUT2D eigenvalue weighted by atomic mass is 10.0. The first-order valence-corrected chi connectivity index (χ1v) is 6.50. The molecule has 1 aromatic carbocycles. The molecule has 0 saturated carbocycles. The standard InChI is InChI=1S/C14H16BrNO2/c1-9-6-10(8-18-9)14(16-2)12-5-4-11(17-3)7-13(12)15/h4-8,14,16H,1-3H3. The van der Waals surface area contributed by atoms with Gasteiger partial charge in [-0.15, -0.1) is 0 Å². The van der Waals surface area contributed by atoms with Crippen LogP contribution in [0.4, 0.5) is 0 Å². The highest BCUT2D eigenvalue weighted by atomic mass is 79.9. The lowest BCUT2D eigenvalue weighted by Gasteiger charge is -2.17. The first-order valence-electron chi connectivity index (χ1n) is 5.71. The van der Waals surface area contributed by atoms with Crippen molar-refractivity contribution in [3.8, 4) is 5.75 Å². The van der Waals surface area contributed by atoms with Gasteiger partial charge in [0.05, 0.1) is 19.4 Å². The van der Waals surface area contributed by atoms with Gasteiger partial charge in [0, 0.05) is 10.0 Å². The lowest BCUT2D eigenvalue weighted by Crippen LogP contribution is -2.17. The van der Waals surface area contributed by atoms with Gasteiger partial charge in [0.15, 0.2) is 0 Å². The van der Waals surface area contributed by atoms with Crippen LogP contribution in [-0.4, -0.2) is 14.2 Å². The number of nitrogens with one attached hydrogen (secondary N) is 1. The van der Waals surface area contributed by atoms with E-state index in [-0.39, 0.29) is 6.04 Å². The Hall–Kier alpha value is -1.26. The van der Waals surface area contributed by atoms with Crippen molar-refractivity contribution in [1.82, 2.24) is 5.32 Å². The number of halogens is 1. The fraction of sp³-hybridized carbons (Fsp3) is 0.286. The van der Waals surface area contributed by atoms with Crippen molar-refractivity contribution in [1.29, 1.82) is 0 Å². The molecule has 0 amide bonds. The Balaban J connectivity index is 2.39. The molecule has 3 nitrogen and oxygen atoms in total. The number of rotatable bonds is 4. The third-order valence-electron chi connectivity index (χ3n) is 2.89. The highest BCUT2D eigenvalue weighted by Crippen LogP contribution is 2.31. The average molecular weight is 310 g/mol. The fourth-order valence-corrected chi connectivity index (χ4v) is 2.57. The fourth-order valence-electron chi connectivity index (χ4n) is 1.99. The van der Waals surface area contributed by atoms with Gasteiger partial charge in [-0.25, -0.2) is 0 Å². The summed E-state index contributed by atoms with van der Waals surface area (Å²) in [7, 11) is 3.60. The minimum Gasteiger partial charge on any atom is -0.497 e. The first-order chi connectivity index (χ1) is 8.65. The molecule has 1 unspecified atom stereocenters. The Morgan fingerprint density at radius 2 is 2.11 bits per heavy atom. The highest BCUT2D eigenvalue weighted by Gasteiger charge is 2.17. The monoisotopic (exact) mass is 309 g/mol. The van der Waals surface area contributed by atoms with E-state index in [0.717, 1.165) is 27.1 Å². The van der Waals surface area contributed by atoms with E-state index in [2.05, 4.69) is 21.2 Å². The van der Waals surface area contributed by atoms with Gasteiger partial charge in [-0.1, -0.05) is 22.0 Å². The minimum atomic E-state index is 0.0998. The average Bonchev–Trinajstić information content (AvgIpc) is 2.78. The zero-order chi connectivity index (χ0) is 13.1. The maximum atomic E-state index is 5.37. The van der Waals surface area contributed by atoms with E-state index in [1.165, 1.54) is 0 Å². The van der Waals surface area contributed by atoms with Crippen molar-refractivity contribution in [2.75, 3.05) is 14.2 Å². The van der Waals surface area contributed by atoms with E-state index in [1.807, 2.05) is 38.2 Å². The molecule has 2 rings (SSSR count). The van der Waals surface area contributed by atoms with Crippen molar-refractivity contribution < 1.29 is 9.15 Å². The smallest absolute Gasteiger partial charge is 0.120 e. The van der Waals surface area contributed by atoms with Crippen LogP contribution in [-0.2, 0) is 0 Å². The molecule has 4 heteroatoms. The molecule has 1 aromatic heterocycles. The Kier molecular flexibility index (Phi) is 4.09. The molecule has 0 fully saturated rings. The summed E-state index contributed by atoms with van der Waals surface area (Å²) in [6, 6.07) is 8.11. The molecule has 1 heterocycles. The lowest BCUT2D eigenvalue weighted by molar-refractivity contribution is 0.414. The Labute approximate surface area is 115 Å². The summed E-state index contributed by atoms with van der Waals surface area (Å²) in [5.41, 5.74) is 2.26. The predicted octanol–water partition coefficient (Wildman–Crippen LogP) is 3.67. The molecule has 0 aliphatic heterocycles. The molecule has 2 aromatic rings. The number of hydrogen-bond acceptors (Lipinski definition) is 3. The summed E-state index contributed by atoms with van der Waals surface area (Å²) < 4.78 is 11.6. The van der Waals surface area contributed by atoms with Gasteiger partial charge in [-0.3, -0.25) is 0 Å². The molecule has 0 aliphatic carbocycles. The third-order valence-corrected chi connectivity index (χ3v) is 3.58. The molecule has 0 aliphatic rings. The second kappa shape index (κ2) is 5.59. The van der Waals surface area contributed by atoms with Crippen LogP contribution < -0.4 is 10.1 Å². The van der Waals surface area contributed by atoms with Gasteiger partial charge < -0.3 is 14.5 Å². The van der Waals surface area contributed by atoms with Crippen LogP contribution in [0.2, 0.25) is 0 Å². The van der Waals surface area contributed by atoms with Crippen LogP contribution in [0.5, 0.6) is 5.75 Å². The molecule has 0 radical (unpaired) electrons. The SMILES string of the molecule is CNC(c1coc(C)c1)c1ccc(OC)cc1Br. The quantitative estimate of drug-likeness (QED) is 0.935. The second-order valence-electron chi connectivity index (χ2n) is 4.10. The summed E-state index contributed by atoms with van der Waals surface area (Å²) in [4.78, 5) is 0. The molecular weight excluding hydrogens is 294 g/mol. The largest absolute Gasteiger partial charge is 0.497 e. The molecule has 18 heavy (non-hydrogen) atoms. The van der Waals surface area contributed by atoms with Crippen LogP contribution in [0.3, 0.4) is 0 Å². The molecule has 0 spiro atoms. The van der Waals surface area contributed by atoms with Crippen LogP contribution in [0.25, 0.3) is 0 Å². The van der Waals surface area contributed by atoms with Gasteiger partial charge in [-0.05, 0) is 37.7 Å². The minimum absolute atomic E-state index is 0.0998. The second-order valence-corrected chi connectivity index (χ2v) is 4.95. The van der Waals surface area contributed by atoms with E-state index < -0.39 is 0 Å². The van der Waals surface area contributed by atoms with E-state index in [9.17, 15) is 0 Å². The number of benzene rings is 1. The van der Waals surface area contributed by atoms with Gasteiger partial charge in [0.2, 0.25) is 0 Å². The van der Waals surface area contributed by atoms with Crippen LogP contribution in [0.1, 0.15) is 22.9 Å². The maximum absolute atomic E-state index is 5.37. The summed E-state index contributed by atoms with van der Waals surface area (Å²) in [5, 5.41) is 3.30. The number of aryl methyl sites for hydroxylation is 1. The predicted molar refractivity (Wildman–Crippen MR) is 75.0 cm³/mol. The van der Waals surface area contributed by atoms with Crippen molar-refractivity contribution in [2.45, 2.75) is 13.0 Å². The van der Waals surface area contributed by atoms with Crippen LogP contribution in [0, 0.1) is 6.92 Å².